The summed E-state index contributed by atoms with van der Waals surface area (Å²) in [6.45, 7) is 3.80. The lowest BCUT2D eigenvalue weighted by atomic mass is 9.81. The fourth-order valence-electron chi connectivity index (χ4n) is 4.36. The third-order valence-electron chi connectivity index (χ3n) is 5.92. The van der Waals surface area contributed by atoms with Crippen molar-refractivity contribution < 1.29 is 9.18 Å². The highest BCUT2D eigenvalue weighted by atomic mass is 32.2. The number of halogens is 1. The number of carbonyl (C=O) groups is 1. The summed E-state index contributed by atoms with van der Waals surface area (Å²) in [6, 6.07) is 9.81. The van der Waals surface area contributed by atoms with Gasteiger partial charge >= 0.3 is 0 Å². The zero-order valence-electron chi connectivity index (χ0n) is 17.1. The van der Waals surface area contributed by atoms with Crippen molar-refractivity contribution in [3.63, 3.8) is 0 Å². The van der Waals surface area contributed by atoms with Gasteiger partial charge in [-0.15, -0.1) is 11.8 Å². The van der Waals surface area contributed by atoms with Crippen molar-refractivity contribution in [2.45, 2.75) is 24.8 Å². The maximum absolute atomic E-state index is 14.9. The van der Waals surface area contributed by atoms with Gasteiger partial charge in [-0.25, -0.2) is 9.37 Å². The number of aromatic nitrogens is 2. The molecule has 0 aliphatic heterocycles. The third-order valence-corrected chi connectivity index (χ3v) is 6.79. The lowest BCUT2D eigenvalue weighted by molar-refractivity contribution is 0.102. The van der Waals surface area contributed by atoms with Crippen LogP contribution >= 0.6 is 11.8 Å². The van der Waals surface area contributed by atoms with Crippen LogP contribution in [-0.4, -0.2) is 34.2 Å². The zero-order valence-corrected chi connectivity index (χ0v) is 17.9. The van der Waals surface area contributed by atoms with Crippen LogP contribution in [0, 0.1) is 11.7 Å². The summed E-state index contributed by atoms with van der Waals surface area (Å²) < 4.78 is 14.9. The molecular formula is C23H24FN5OS. The van der Waals surface area contributed by atoms with Crippen molar-refractivity contribution in [2.24, 2.45) is 16.6 Å². The minimum atomic E-state index is -0.707. The van der Waals surface area contributed by atoms with Crippen molar-refractivity contribution in [3.8, 4) is 0 Å². The zero-order chi connectivity index (χ0) is 21.8. The molecule has 1 amide bonds. The smallest absolute Gasteiger partial charge is 0.274 e. The molecule has 0 spiro atoms. The number of aliphatic imine (C=N–C) groups is 1. The highest BCUT2D eigenvalue weighted by Gasteiger charge is 2.45. The van der Waals surface area contributed by atoms with Crippen LogP contribution in [0.1, 0.15) is 35.3 Å². The van der Waals surface area contributed by atoms with Gasteiger partial charge in [0.1, 0.15) is 11.5 Å². The molecule has 1 aliphatic carbocycles. The Morgan fingerprint density at radius 1 is 1.35 bits per heavy atom. The lowest BCUT2D eigenvalue weighted by Crippen LogP contribution is -2.31. The van der Waals surface area contributed by atoms with Gasteiger partial charge in [-0.1, -0.05) is 6.42 Å². The minimum Gasteiger partial charge on any atom is -0.322 e. The second kappa shape index (κ2) is 9.11. The Bertz CT molecular complexity index is 1120. The number of thioether (sulfide) groups is 1. The van der Waals surface area contributed by atoms with E-state index in [0.29, 0.717) is 22.6 Å². The number of pyridine rings is 2. The molecule has 8 heteroatoms. The first-order valence-corrected chi connectivity index (χ1v) is 11.3. The Kier molecular flexibility index (Phi) is 6.29. The molecule has 160 valence electrons. The van der Waals surface area contributed by atoms with E-state index in [9.17, 15) is 9.18 Å². The SMILES string of the molecule is C=NC1(c2cc(NC(=O)c3ccc4cnccc4n3)ccc2F)CCCC1CSCN. The number of hydrogen-bond acceptors (Lipinski definition) is 6. The molecule has 2 atom stereocenters. The molecule has 1 aromatic carbocycles. The Labute approximate surface area is 184 Å². The van der Waals surface area contributed by atoms with E-state index in [-0.39, 0.29) is 23.3 Å². The number of nitrogens with zero attached hydrogens (tertiary/aromatic N) is 3. The number of amides is 1. The van der Waals surface area contributed by atoms with E-state index in [1.165, 1.54) is 6.07 Å². The van der Waals surface area contributed by atoms with Gasteiger partial charge in [-0.3, -0.25) is 14.8 Å². The number of carbonyl (C=O) groups excluding carboxylic acids is 1. The number of nitrogens with two attached hydrogens (primary N) is 1. The van der Waals surface area contributed by atoms with Crippen LogP contribution < -0.4 is 11.1 Å². The molecule has 1 fully saturated rings. The van der Waals surface area contributed by atoms with Gasteiger partial charge in [0, 0.05) is 40.7 Å². The largest absolute Gasteiger partial charge is 0.322 e. The number of nitrogens with one attached hydrogen (secondary N) is 1. The molecule has 2 unspecified atom stereocenters. The number of benzene rings is 1. The predicted octanol–water partition coefficient (Wildman–Crippen LogP) is 4.37. The number of fused-ring (bicyclic) bond motifs is 1. The topological polar surface area (TPSA) is 93.3 Å². The fraction of sp³-hybridized carbons (Fsp3) is 0.304. The van der Waals surface area contributed by atoms with Crippen molar-refractivity contribution in [3.05, 3.63) is 65.9 Å². The van der Waals surface area contributed by atoms with Crippen LogP contribution in [-0.2, 0) is 5.54 Å². The minimum absolute atomic E-state index is 0.148. The van der Waals surface area contributed by atoms with Gasteiger partial charge in [0.25, 0.3) is 5.91 Å². The van der Waals surface area contributed by atoms with E-state index < -0.39 is 5.54 Å². The summed E-state index contributed by atoms with van der Waals surface area (Å²) in [4.78, 5) is 25.7. The maximum atomic E-state index is 14.9. The molecule has 31 heavy (non-hydrogen) atoms. The first-order chi connectivity index (χ1) is 15.1. The van der Waals surface area contributed by atoms with Crippen LogP contribution in [0.15, 0.2) is 53.8 Å². The lowest BCUT2D eigenvalue weighted by Gasteiger charge is -2.32. The highest BCUT2D eigenvalue weighted by Crippen LogP contribution is 2.49. The van der Waals surface area contributed by atoms with E-state index in [1.54, 1.807) is 54.5 Å². The molecule has 1 aliphatic rings. The molecule has 4 rings (SSSR count). The molecular weight excluding hydrogens is 413 g/mol. The summed E-state index contributed by atoms with van der Waals surface area (Å²) in [7, 11) is 0. The van der Waals surface area contributed by atoms with Crippen molar-refractivity contribution >= 4 is 41.0 Å². The van der Waals surface area contributed by atoms with Crippen molar-refractivity contribution in [1.29, 1.82) is 0 Å². The summed E-state index contributed by atoms with van der Waals surface area (Å²) in [5.41, 5.74) is 6.88. The van der Waals surface area contributed by atoms with E-state index >= 15 is 0 Å². The Morgan fingerprint density at radius 3 is 3.03 bits per heavy atom. The van der Waals surface area contributed by atoms with E-state index in [1.807, 2.05) is 0 Å². The van der Waals surface area contributed by atoms with E-state index in [4.69, 9.17) is 5.73 Å². The summed E-state index contributed by atoms with van der Waals surface area (Å²) in [6.07, 6.45) is 5.93. The molecule has 3 aromatic rings. The van der Waals surface area contributed by atoms with Gasteiger partial charge in [-0.05, 0) is 61.9 Å². The van der Waals surface area contributed by atoms with E-state index in [0.717, 1.165) is 30.4 Å². The monoisotopic (exact) mass is 437 g/mol. The quantitative estimate of drug-likeness (QED) is 0.423. The van der Waals surface area contributed by atoms with Gasteiger partial charge in [-0.2, -0.15) is 0 Å². The second-order valence-electron chi connectivity index (χ2n) is 7.62. The number of rotatable bonds is 7. The number of hydrogen-bond donors (Lipinski definition) is 2. The highest BCUT2D eigenvalue weighted by molar-refractivity contribution is 7.99. The molecule has 0 saturated heterocycles. The van der Waals surface area contributed by atoms with Crippen LogP contribution in [0.5, 0.6) is 0 Å². The third kappa shape index (κ3) is 4.18. The van der Waals surface area contributed by atoms with Gasteiger partial charge in [0.2, 0.25) is 0 Å². The van der Waals surface area contributed by atoms with Crippen LogP contribution in [0.2, 0.25) is 0 Å². The van der Waals surface area contributed by atoms with Crippen molar-refractivity contribution in [1.82, 2.24) is 9.97 Å². The molecule has 2 aromatic heterocycles. The molecule has 0 radical (unpaired) electrons. The second-order valence-corrected chi connectivity index (χ2v) is 8.70. The molecule has 1 saturated carbocycles. The summed E-state index contributed by atoms with van der Waals surface area (Å²) >= 11 is 1.62. The Balaban J connectivity index is 1.62. The Morgan fingerprint density at radius 2 is 2.23 bits per heavy atom. The van der Waals surface area contributed by atoms with Gasteiger partial charge in [0.05, 0.1) is 11.1 Å². The summed E-state index contributed by atoms with van der Waals surface area (Å²) in [5.74, 6) is 0.748. The molecule has 6 nitrogen and oxygen atoms in total. The van der Waals surface area contributed by atoms with Crippen LogP contribution in [0.3, 0.4) is 0 Å². The molecule has 0 bridgehead atoms. The normalized spacial score (nSPS) is 20.6. The van der Waals surface area contributed by atoms with Crippen molar-refractivity contribution in [2.75, 3.05) is 16.9 Å². The first-order valence-electron chi connectivity index (χ1n) is 10.2. The average molecular weight is 438 g/mol. The van der Waals surface area contributed by atoms with Crippen LogP contribution in [0.25, 0.3) is 10.9 Å². The van der Waals surface area contributed by atoms with Gasteiger partial charge in [0.15, 0.2) is 0 Å². The molecule has 3 N–H and O–H groups in total. The maximum Gasteiger partial charge on any atom is 0.274 e. The predicted molar refractivity (Wildman–Crippen MR) is 124 cm³/mol. The average Bonchev–Trinajstić information content (AvgIpc) is 3.22. The fourth-order valence-corrected chi connectivity index (χ4v) is 5.22. The molecule has 2 heterocycles. The first kappa shape index (κ1) is 21.4. The number of anilines is 1. The van der Waals surface area contributed by atoms with Gasteiger partial charge < -0.3 is 11.1 Å². The summed E-state index contributed by atoms with van der Waals surface area (Å²) in [5, 5.41) is 3.69. The standard InChI is InChI=1S/C23H24FN5OS/c1-26-23(9-2-3-16(23)13-31-14-25)18-11-17(5-6-19(18)24)28-22(30)21-7-4-15-12-27-10-8-20(15)29-21/h4-8,10-12,16H,1-3,9,13-14,25H2,(H,28,30). The van der Waals surface area contributed by atoms with E-state index in [2.05, 4.69) is 27.0 Å². The van der Waals surface area contributed by atoms with Crippen LogP contribution in [0.4, 0.5) is 10.1 Å². The Hall–Kier alpha value is -2.84.